The molecule has 0 heterocycles. The quantitative estimate of drug-likeness (QED) is 0.504. The van der Waals surface area contributed by atoms with Crippen LogP contribution in [0.15, 0.2) is 34.2 Å². The highest BCUT2D eigenvalue weighted by Crippen LogP contribution is 2.17. The molecule has 6 heteroatoms. The van der Waals surface area contributed by atoms with Crippen LogP contribution in [0.5, 0.6) is 0 Å². The van der Waals surface area contributed by atoms with Crippen LogP contribution in [0, 0.1) is 19.3 Å². The van der Waals surface area contributed by atoms with E-state index in [-0.39, 0.29) is 23.4 Å². The topological polar surface area (TPSA) is 70.6 Å². The van der Waals surface area contributed by atoms with Crippen molar-refractivity contribution in [2.45, 2.75) is 50.0 Å². The van der Waals surface area contributed by atoms with Crippen molar-refractivity contribution in [2.24, 2.45) is 4.99 Å². The SMILES string of the molecule is C#CCN=C(NC1CCCCC1)NS(=O)(=O)c1ccc(C)cc1. The maximum atomic E-state index is 12.5. The predicted octanol–water partition coefficient (Wildman–Crippen LogP) is 2.18. The number of nitrogens with one attached hydrogen (secondary N) is 2. The summed E-state index contributed by atoms with van der Waals surface area (Å²) in [7, 11) is -3.67. The lowest BCUT2D eigenvalue weighted by atomic mass is 9.96. The lowest BCUT2D eigenvalue weighted by Gasteiger charge is -2.24. The molecule has 0 bridgehead atoms. The van der Waals surface area contributed by atoms with Gasteiger partial charge in [0.1, 0.15) is 6.54 Å². The summed E-state index contributed by atoms with van der Waals surface area (Å²) in [4.78, 5) is 4.35. The molecule has 1 fully saturated rings. The number of terminal acetylenes is 1. The molecule has 5 nitrogen and oxygen atoms in total. The first-order valence-electron chi connectivity index (χ1n) is 7.85. The number of aryl methyl sites for hydroxylation is 1. The fourth-order valence-electron chi connectivity index (χ4n) is 2.58. The van der Waals surface area contributed by atoms with Gasteiger partial charge in [-0.3, -0.25) is 0 Å². The van der Waals surface area contributed by atoms with Crippen molar-refractivity contribution in [3.63, 3.8) is 0 Å². The normalized spacial score (nSPS) is 16.6. The van der Waals surface area contributed by atoms with Gasteiger partial charge in [-0.15, -0.1) is 6.42 Å². The summed E-state index contributed by atoms with van der Waals surface area (Å²) in [5, 5.41) is 3.19. The van der Waals surface area contributed by atoms with Crippen LogP contribution in [-0.4, -0.2) is 27.0 Å². The zero-order valence-corrected chi connectivity index (χ0v) is 14.2. The van der Waals surface area contributed by atoms with Crippen LogP contribution in [0.2, 0.25) is 0 Å². The minimum atomic E-state index is -3.67. The van der Waals surface area contributed by atoms with Crippen LogP contribution in [0.1, 0.15) is 37.7 Å². The molecular formula is C17H23N3O2S. The van der Waals surface area contributed by atoms with E-state index in [2.05, 4.69) is 21.0 Å². The van der Waals surface area contributed by atoms with Crippen molar-refractivity contribution in [3.8, 4) is 12.3 Å². The number of hydrogen-bond donors (Lipinski definition) is 2. The summed E-state index contributed by atoms with van der Waals surface area (Å²) in [6.07, 6.45) is 10.8. The number of rotatable bonds is 4. The van der Waals surface area contributed by atoms with Crippen LogP contribution < -0.4 is 10.0 Å². The highest BCUT2D eigenvalue weighted by Gasteiger charge is 2.19. The lowest BCUT2D eigenvalue weighted by Crippen LogP contribution is -2.46. The second-order valence-corrected chi connectivity index (χ2v) is 7.45. The van der Waals surface area contributed by atoms with Crippen LogP contribution in [0.3, 0.4) is 0 Å². The Balaban J connectivity index is 2.12. The number of nitrogens with zero attached hydrogens (tertiary/aromatic N) is 1. The highest BCUT2D eigenvalue weighted by atomic mass is 32.2. The standard InChI is InChI=1S/C17H23N3O2S/c1-3-13-18-17(19-15-7-5-4-6-8-15)20-23(21,22)16-11-9-14(2)10-12-16/h1,9-12,15H,4-8,13H2,2H3,(H2,18,19,20). The first kappa shape index (κ1) is 17.4. The van der Waals surface area contributed by atoms with E-state index in [4.69, 9.17) is 6.42 Å². The van der Waals surface area contributed by atoms with Crippen LogP contribution in [0.25, 0.3) is 0 Å². The highest BCUT2D eigenvalue weighted by molar-refractivity contribution is 7.90. The molecule has 1 aromatic carbocycles. The molecule has 0 saturated heterocycles. The van der Waals surface area contributed by atoms with Crippen molar-refractivity contribution < 1.29 is 8.42 Å². The van der Waals surface area contributed by atoms with Gasteiger partial charge >= 0.3 is 0 Å². The fraction of sp³-hybridized carbons (Fsp3) is 0.471. The van der Waals surface area contributed by atoms with Gasteiger partial charge < -0.3 is 5.32 Å². The Morgan fingerprint density at radius 1 is 1.26 bits per heavy atom. The van der Waals surface area contributed by atoms with E-state index in [0.29, 0.717) is 0 Å². The van der Waals surface area contributed by atoms with Crippen LogP contribution in [-0.2, 0) is 10.0 Å². The molecule has 23 heavy (non-hydrogen) atoms. The van der Waals surface area contributed by atoms with Gasteiger partial charge in [0.15, 0.2) is 0 Å². The van der Waals surface area contributed by atoms with Crippen molar-refractivity contribution in [3.05, 3.63) is 29.8 Å². The molecule has 0 atom stereocenters. The molecule has 0 aliphatic heterocycles. The summed E-state index contributed by atoms with van der Waals surface area (Å²) in [6, 6.07) is 6.93. The zero-order chi connectivity index (χ0) is 16.7. The summed E-state index contributed by atoms with van der Waals surface area (Å²) in [6.45, 7) is 2.04. The van der Waals surface area contributed by atoms with Crippen molar-refractivity contribution in [1.29, 1.82) is 0 Å². The first-order valence-corrected chi connectivity index (χ1v) is 9.33. The van der Waals surface area contributed by atoms with Gasteiger partial charge in [-0.25, -0.2) is 18.1 Å². The van der Waals surface area contributed by atoms with Crippen molar-refractivity contribution in [2.75, 3.05) is 6.54 Å². The first-order chi connectivity index (χ1) is 11.0. The molecule has 0 aromatic heterocycles. The van der Waals surface area contributed by atoms with Gasteiger partial charge in [-0.1, -0.05) is 42.9 Å². The average Bonchev–Trinajstić information content (AvgIpc) is 2.54. The van der Waals surface area contributed by atoms with Gasteiger partial charge in [-0.2, -0.15) is 0 Å². The van der Waals surface area contributed by atoms with E-state index in [0.717, 1.165) is 31.2 Å². The van der Waals surface area contributed by atoms with E-state index in [1.165, 1.54) is 6.42 Å². The minimum absolute atomic E-state index is 0.130. The molecule has 0 unspecified atom stereocenters. The third-order valence-electron chi connectivity index (χ3n) is 3.84. The number of benzene rings is 1. The maximum Gasteiger partial charge on any atom is 0.264 e. The third-order valence-corrected chi connectivity index (χ3v) is 5.19. The van der Waals surface area contributed by atoms with Crippen molar-refractivity contribution in [1.82, 2.24) is 10.0 Å². The Labute approximate surface area is 138 Å². The monoisotopic (exact) mass is 333 g/mol. The summed E-state index contributed by atoms with van der Waals surface area (Å²) in [5.41, 5.74) is 1.01. The molecule has 124 valence electrons. The average molecular weight is 333 g/mol. The van der Waals surface area contributed by atoms with E-state index >= 15 is 0 Å². The third kappa shape index (κ3) is 5.29. The van der Waals surface area contributed by atoms with Gasteiger partial charge in [0, 0.05) is 6.04 Å². The largest absolute Gasteiger partial charge is 0.353 e. The van der Waals surface area contributed by atoms with E-state index in [1.54, 1.807) is 24.3 Å². The Morgan fingerprint density at radius 3 is 2.52 bits per heavy atom. The number of sulfonamides is 1. The molecule has 1 aromatic rings. The van der Waals surface area contributed by atoms with Gasteiger partial charge in [0.25, 0.3) is 10.0 Å². The fourth-order valence-corrected chi connectivity index (χ4v) is 3.57. The Morgan fingerprint density at radius 2 is 1.91 bits per heavy atom. The maximum absolute atomic E-state index is 12.5. The molecule has 0 radical (unpaired) electrons. The molecule has 0 spiro atoms. The molecule has 2 rings (SSSR count). The Hall–Kier alpha value is -2.00. The minimum Gasteiger partial charge on any atom is -0.353 e. The predicted molar refractivity (Wildman–Crippen MR) is 92.6 cm³/mol. The molecule has 1 aliphatic carbocycles. The van der Waals surface area contributed by atoms with Crippen molar-refractivity contribution >= 4 is 16.0 Å². The molecule has 1 saturated carbocycles. The van der Waals surface area contributed by atoms with E-state index in [1.807, 2.05) is 6.92 Å². The second-order valence-electron chi connectivity index (χ2n) is 5.77. The number of guanidine groups is 1. The smallest absolute Gasteiger partial charge is 0.264 e. The Kier molecular flexibility index (Phi) is 6.05. The number of hydrogen-bond acceptors (Lipinski definition) is 3. The molecular weight excluding hydrogens is 310 g/mol. The van der Waals surface area contributed by atoms with Crippen LogP contribution >= 0.6 is 0 Å². The Bertz CT molecular complexity index is 682. The van der Waals surface area contributed by atoms with Gasteiger partial charge in [-0.05, 0) is 31.9 Å². The molecule has 1 aliphatic rings. The van der Waals surface area contributed by atoms with E-state index < -0.39 is 10.0 Å². The summed E-state index contributed by atoms with van der Waals surface area (Å²) < 4.78 is 27.5. The van der Waals surface area contributed by atoms with Crippen LogP contribution in [0.4, 0.5) is 0 Å². The lowest BCUT2D eigenvalue weighted by molar-refractivity contribution is 0.411. The second kappa shape index (κ2) is 8.02. The number of aliphatic imine (C=N–C) groups is 1. The molecule has 0 amide bonds. The zero-order valence-electron chi connectivity index (χ0n) is 13.4. The molecule has 2 N–H and O–H groups in total. The van der Waals surface area contributed by atoms with Gasteiger partial charge in [0.2, 0.25) is 5.96 Å². The van der Waals surface area contributed by atoms with Gasteiger partial charge in [0.05, 0.1) is 4.90 Å². The summed E-state index contributed by atoms with van der Waals surface area (Å²) >= 11 is 0. The summed E-state index contributed by atoms with van der Waals surface area (Å²) in [5.74, 6) is 2.64. The van der Waals surface area contributed by atoms with E-state index in [9.17, 15) is 8.42 Å².